The van der Waals surface area contributed by atoms with E-state index in [4.69, 9.17) is 0 Å². The molecule has 0 aromatic carbocycles. The van der Waals surface area contributed by atoms with Crippen molar-refractivity contribution in [2.45, 2.75) is 69.6 Å². The molecule has 1 aromatic rings. The van der Waals surface area contributed by atoms with Crippen molar-refractivity contribution < 1.29 is 13.2 Å². The van der Waals surface area contributed by atoms with Crippen molar-refractivity contribution in [1.82, 2.24) is 35.1 Å². The number of carbonyl (C=O) groups excluding carboxylic acids is 1. The quantitative estimate of drug-likeness (QED) is 0.469. The zero-order valence-electron chi connectivity index (χ0n) is 17.6. The van der Waals surface area contributed by atoms with E-state index in [1.807, 2.05) is 25.5 Å². The minimum atomic E-state index is -3.28. The highest BCUT2D eigenvalue weighted by atomic mass is 32.2. The first-order valence-corrected chi connectivity index (χ1v) is 11.8. The molecule has 3 rings (SSSR count). The fourth-order valence-corrected chi connectivity index (χ4v) is 6.10. The van der Waals surface area contributed by atoms with Crippen molar-refractivity contribution in [3.05, 3.63) is 18.5 Å². The summed E-state index contributed by atoms with van der Waals surface area (Å²) in [5, 5.41) is 18.8. The number of rotatable bonds is 7. The molecule has 0 aliphatic carbocycles. The Morgan fingerprint density at radius 2 is 1.90 bits per heavy atom. The second kappa shape index (κ2) is 7.77. The maximum atomic E-state index is 12.3. The molecule has 3 heterocycles. The summed E-state index contributed by atoms with van der Waals surface area (Å²) in [6, 6.07) is -0.187. The smallest absolute Gasteiger partial charge is 0.243 e. The van der Waals surface area contributed by atoms with Gasteiger partial charge >= 0.3 is 0 Å². The molecule has 1 aromatic heterocycles. The predicted octanol–water partition coefficient (Wildman–Crippen LogP) is 0.102. The average molecular weight is 426 g/mol. The zero-order valence-corrected chi connectivity index (χ0v) is 18.4. The van der Waals surface area contributed by atoms with Gasteiger partial charge in [0.1, 0.15) is 0 Å². The minimum Gasteiger partial charge on any atom is -0.351 e. The molecular weight excluding hydrogens is 394 g/mol. The number of nitrogens with one attached hydrogen (secondary N) is 2. The van der Waals surface area contributed by atoms with Gasteiger partial charge in [0, 0.05) is 25.2 Å². The first-order valence-electron chi connectivity index (χ1n) is 9.91. The summed E-state index contributed by atoms with van der Waals surface area (Å²) in [7, 11) is -3.28. The Bertz CT molecular complexity index is 860. The van der Waals surface area contributed by atoms with Gasteiger partial charge in [-0.15, -0.1) is 5.10 Å². The Hall–Kier alpha value is -1.85. The Morgan fingerprint density at radius 1 is 1.28 bits per heavy atom. The highest BCUT2D eigenvalue weighted by Crippen LogP contribution is 2.46. The van der Waals surface area contributed by atoms with E-state index in [0.29, 0.717) is 31.8 Å². The normalized spacial score (nSPS) is 27.7. The maximum absolute atomic E-state index is 12.3. The second-order valence-corrected chi connectivity index (χ2v) is 10.9. The fourth-order valence-electron chi connectivity index (χ4n) is 4.65. The van der Waals surface area contributed by atoms with E-state index in [1.54, 1.807) is 4.31 Å². The predicted molar refractivity (Wildman–Crippen MR) is 108 cm³/mol. The molecule has 10 nitrogen and oxygen atoms in total. The largest absolute Gasteiger partial charge is 0.351 e. The summed E-state index contributed by atoms with van der Waals surface area (Å²) in [6.07, 6.45) is 5.34. The first-order chi connectivity index (χ1) is 13.5. The lowest BCUT2D eigenvalue weighted by Gasteiger charge is -2.45. The van der Waals surface area contributed by atoms with Crippen LogP contribution < -0.4 is 10.6 Å². The van der Waals surface area contributed by atoms with Crippen molar-refractivity contribution in [3.8, 4) is 0 Å². The lowest BCUT2D eigenvalue weighted by Crippen LogP contribution is -2.59. The van der Waals surface area contributed by atoms with Gasteiger partial charge in [-0.05, 0) is 63.0 Å². The Labute approximate surface area is 172 Å². The monoisotopic (exact) mass is 425 g/mol. The molecule has 2 N–H and O–H groups in total. The van der Waals surface area contributed by atoms with Gasteiger partial charge in [0.25, 0.3) is 0 Å². The van der Waals surface area contributed by atoms with Crippen LogP contribution in [0.15, 0.2) is 12.7 Å². The summed E-state index contributed by atoms with van der Waals surface area (Å²) >= 11 is 0. The number of hydrogen-bond acceptors (Lipinski definition) is 7. The zero-order chi connectivity index (χ0) is 21.4. The third-order valence-electron chi connectivity index (χ3n) is 5.71. The van der Waals surface area contributed by atoms with E-state index in [0.717, 1.165) is 12.8 Å². The van der Waals surface area contributed by atoms with Gasteiger partial charge < -0.3 is 10.6 Å². The highest BCUT2D eigenvalue weighted by Gasteiger charge is 2.54. The van der Waals surface area contributed by atoms with Gasteiger partial charge in [0.15, 0.2) is 5.82 Å². The van der Waals surface area contributed by atoms with E-state index < -0.39 is 15.6 Å². The van der Waals surface area contributed by atoms with Crippen LogP contribution in [0.5, 0.6) is 0 Å². The Kier molecular flexibility index (Phi) is 5.85. The highest BCUT2D eigenvalue weighted by molar-refractivity contribution is 7.88. The molecule has 1 amide bonds. The van der Waals surface area contributed by atoms with Gasteiger partial charge in [-0.25, -0.2) is 13.1 Å². The molecule has 2 fully saturated rings. The van der Waals surface area contributed by atoms with Gasteiger partial charge in [-0.3, -0.25) is 4.79 Å². The van der Waals surface area contributed by atoms with Crippen molar-refractivity contribution in [3.63, 3.8) is 0 Å². The van der Waals surface area contributed by atoms with Crippen LogP contribution in [0.1, 0.15) is 52.3 Å². The van der Waals surface area contributed by atoms with E-state index in [9.17, 15) is 13.2 Å². The van der Waals surface area contributed by atoms with Crippen LogP contribution in [0.2, 0.25) is 0 Å². The van der Waals surface area contributed by atoms with Crippen LogP contribution in [0, 0.1) is 0 Å². The number of carbonyl (C=O) groups is 1. The Morgan fingerprint density at radius 3 is 2.41 bits per heavy atom. The molecule has 2 aliphatic rings. The summed E-state index contributed by atoms with van der Waals surface area (Å²) in [5.41, 5.74) is -0.889. The lowest BCUT2D eigenvalue weighted by atomic mass is 9.82. The molecule has 0 spiro atoms. The van der Waals surface area contributed by atoms with Crippen molar-refractivity contribution in [2.75, 3.05) is 19.3 Å². The molecule has 162 valence electrons. The summed E-state index contributed by atoms with van der Waals surface area (Å²) in [4.78, 5) is 11.5. The molecule has 2 bridgehead atoms. The molecular formula is C18H31N7O3S. The van der Waals surface area contributed by atoms with E-state index in [-0.39, 0.29) is 23.5 Å². The van der Waals surface area contributed by atoms with Gasteiger partial charge in [0.2, 0.25) is 15.9 Å². The number of hydrogen-bond donors (Lipinski definition) is 2. The van der Waals surface area contributed by atoms with Crippen molar-refractivity contribution >= 4 is 15.9 Å². The molecule has 29 heavy (non-hydrogen) atoms. The fraction of sp³-hybridized carbons (Fsp3) is 0.778. The molecule has 2 aliphatic heterocycles. The maximum Gasteiger partial charge on any atom is 0.243 e. The van der Waals surface area contributed by atoms with Crippen LogP contribution in [0.4, 0.5) is 0 Å². The molecule has 11 heteroatoms. The summed E-state index contributed by atoms with van der Waals surface area (Å²) < 4.78 is 28.2. The van der Waals surface area contributed by atoms with Gasteiger partial charge in [-0.2, -0.15) is 4.31 Å². The first kappa shape index (κ1) is 21.8. The second-order valence-electron chi connectivity index (χ2n) is 8.98. The number of tetrazole rings is 1. The number of nitrogens with zero attached hydrogens (tertiary/aromatic N) is 5. The Balaban J connectivity index is 1.91. The van der Waals surface area contributed by atoms with Crippen LogP contribution in [-0.4, -0.2) is 70.3 Å². The van der Waals surface area contributed by atoms with Crippen LogP contribution in [0.25, 0.3) is 0 Å². The standard InChI is InChI=1S/C18H31N7O3S/c1-6-15(26)19-9-10-20-18(16-21-22-23-25(16)17(2,3)4)11-13-7-8-14(12-18)24(13)29(5,27)28/h6,13-14,20H,1,7-12H2,2-5H3,(H,19,26). The third kappa shape index (κ3) is 4.36. The minimum absolute atomic E-state index is 0.0934. The average Bonchev–Trinajstić information content (AvgIpc) is 3.22. The van der Waals surface area contributed by atoms with Crippen molar-refractivity contribution in [2.24, 2.45) is 0 Å². The summed E-state index contributed by atoms with van der Waals surface area (Å²) in [5.74, 6) is 0.484. The van der Waals surface area contributed by atoms with Crippen LogP contribution in [0.3, 0.4) is 0 Å². The third-order valence-corrected chi connectivity index (χ3v) is 7.07. The van der Waals surface area contributed by atoms with Crippen molar-refractivity contribution in [1.29, 1.82) is 0 Å². The summed E-state index contributed by atoms with van der Waals surface area (Å²) in [6.45, 7) is 10.5. The number of sulfonamides is 1. The van der Waals surface area contributed by atoms with Gasteiger partial charge in [-0.1, -0.05) is 6.58 Å². The van der Waals surface area contributed by atoms with Crippen LogP contribution in [-0.2, 0) is 25.9 Å². The number of piperidine rings is 1. The van der Waals surface area contributed by atoms with Crippen LogP contribution >= 0.6 is 0 Å². The number of aromatic nitrogens is 4. The van der Waals surface area contributed by atoms with E-state index >= 15 is 0 Å². The molecule has 2 saturated heterocycles. The van der Waals surface area contributed by atoms with E-state index in [2.05, 4.69) is 32.7 Å². The molecule has 0 saturated carbocycles. The molecule has 0 radical (unpaired) electrons. The lowest BCUT2D eigenvalue weighted by molar-refractivity contribution is -0.116. The SMILES string of the molecule is C=CC(=O)NCCNC1(c2nnnn2C(C)(C)C)CC2CCC(C1)N2S(C)(=O)=O. The van der Waals surface area contributed by atoms with Gasteiger partial charge in [0.05, 0.1) is 17.3 Å². The number of amides is 1. The molecule has 2 unspecified atom stereocenters. The topological polar surface area (TPSA) is 122 Å². The molecule has 2 atom stereocenters. The number of fused-ring (bicyclic) bond motifs is 2. The van der Waals surface area contributed by atoms with E-state index in [1.165, 1.54) is 12.3 Å².